The topological polar surface area (TPSA) is 106 Å². The SMILES string of the molecule is COCC(O)c1cc(C)c(-c2cc3cnc(NC(=O)C4CC4)cc3n(C)c2=O)cn1. The van der Waals surface area contributed by atoms with Crippen LogP contribution in [0.2, 0.25) is 0 Å². The highest BCUT2D eigenvalue weighted by Gasteiger charge is 2.29. The number of nitrogens with zero attached hydrogens (tertiary/aromatic N) is 3. The number of amides is 1. The number of carbonyl (C=O) groups is 1. The number of hydrogen-bond donors (Lipinski definition) is 2. The van der Waals surface area contributed by atoms with Crippen molar-refractivity contribution in [1.29, 1.82) is 0 Å². The zero-order valence-corrected chi connectivity index (χ0v) is 17.2. The van der Waals surface area contributed by atoms with E-state index in [1.807, 2.05) is 6.92 Å². The number of carbonyl (C=O) groups excluding carboxylic acids is 1. The van der Waals surface area contributed by atoms with E-state index in [1.54, 1.807) is 42.2 Å². The first-order valence-electron chi connectivity index (χ1n) is 9.83. The Hall–Kier alpha value is -3.10. The number of methoxy groups -OCH3 is 1. The Bertz CT molecular complexity index is 1180. The van der Waals surface area contributed by atoms with E-state index in [4.69, 9.17) is 4.74 Å². The van der Waals surface area contributed by atoms with Crippen molar-refractivity contribution in [3.8, 4) is 11.1 Å². The molecule has 1 fully saturated rings. The molecule has 1 aliphatic rings. The number of ether oxygens (including phenoxy) is 1. The summed E-state index contributed by atoms with van der Waals surface area (Å²) in [6.07, 6.45) is 4.26. The summed E-state index contributed by atoms with van der Waals surface area (Å²) in [7, 11) is 3.21. The molecule has 1 atom stereocenters. The van der Waals surface area contributed by atoms with Gasteiger partial charge in [-0.15, -0.1) is 0 Å². The smallest absolute Gasteiger partial charge is 0.258 e. The van der Waals surface area contributed by atoms with Crippen molar-refractivity contribution in [1.82, 2.24) is 14.5 Å². The quantitative estimate of drug-likeness (QED) is 0.648. The molecule has 1 amide bonds. The molecular formula is C22H24N4O4. The van der Waals surface area contributed by atoms with Gasteiger partial charge in [0.2, 0.25) is 5.91 Å². The number of aromatic nitrogens is 3. The molecule has 156 valence electrons. The molecule has 3 aromatic heterocycles. The van der Waals surface area contributed by atoms with Gasteiger partial charge in [-0.05, 0) is 37.5 Å². The highest BCUT2D eigenvalue weighted by molar-refractivity contribution is 5.95. The molecule has 8 nitrogen and oxygen atoms in total. The number of hydrogen-bond acceptors (Lipinski definition) is 6. The van der Waals surface area contributed by atoms with Crippen molar-refractivity contribution in [3.05, 3.63) is 52.2 Å². The molecule has 3 heterocycles. The number of fused-ring (bicyclic) bond motifs is 1. The van der Waals surface area contributed by atoms with Crippen molar-refractivity contribution in [3.63, 3.8) is 0 Å². The van der Waals surface area contributed by atoms with Crippen LogP contribution >= 0.6 is 0 Å². The third-order valence-corrected chi connectivity index (χ3v) is 5.40. The lowest BCUT2D eigenvalue weighted by molar-refractivity contribution is -0.117. The Kier molecular flexibility index (Phi) is 5.36. The third-order valence-electron chi connectivity index (χ3n) is 5.40. The van der Waals surface area contributed by atoms with Crippen LogP contribution in [-0.2, 0) is 16.6 Å². The molecule has 1 saturated carbocycles. The Morgan fingerprint density at radius 2 is 2.03 bits per heavy atom. The second-order valence-electron chi connectivity index (χ2n) is 7.71. The largest absolute Gasteiger partial charge is 0.384 e. The summed E-state index contributed by atoms with van der Waals surface area (Å²) in [6.45, 7) is 2.02. The van der Waals surface area contributed by atoms with E-state index in [2.05, 4.69) is 15.3 Å². The van der Waals surface area contributed by atoms with Crippen molar-refractivity contribution in [2.75, 3.05) is 19.0 Å². The molecule has 8 heteroatoms. The Balaban J connectivity index is 1.72. The van der Waals surface area contributed by atoms with Crippen molar-refractivity contribution < 1.29 is 14.6 Å². The number of anilines is 1. The number of nitrogens with one attached hydrogen (secondary N) is 1. The maximum atomic E-state index is 13.1. The van der Waals surface area contributed by atoms with E-state index >= 15 is 0 Å². The minimum Gasteiger partial charge on any atom is -0.384 e. The highest BCUT2D eigenvalue weighted by Crippen LogP contribution is 2.30. The third kappa shape index (κ3) is 3.83. The molecule has 0 bridgehead atoms. The first-order valence-corrected chi connectivity index (χ1v) is 9.83. The van der Waals surface area contributed by atoms with Crippen LogP contribution in [0.1, 0.15) is 30.2 Å². The van der Waals surface area contributed by atoms with Crippen LogP contribution in [0.25, 0.3) is 22.0 Å². The Labute approximate surface area is 173 Å². The number of aliphatic hydroxyl groups excluding tert-OH is 1. The molecule has 1 aliphatic carbocycles. The van der Waals surface area contributed by atoms with Crippen LogP contribution in [0.15, 0.2) is 35.4 Å². The summed E-state index contributed by atoms with van der Waals surface area (Å²) >= 11 is 0. The number of pyridine rings is 3. The second-order valence-corrected chi connectivity index (χ2v) is 7.71. The summed E-state index contributed by atoms with van der Waals surface area (Å²) in [6, 6.07) is 5.26. The Morgan fingerprint density at radius 1 is 1.27 bits per heavy atom. The fraction of sp³-hybridized carbons (Fsp3) is 0.364. The van der Waals surface area contributed by atoms with Crippen molar-refractivity contribution in [2.24, 2.45) is 13.0 Å². The first-order chi connectivity index (χ1) is 14.4. The molecule has 0 saturated heterocycles. The summed E-state index contributed by atoms with van der Waals surface area (Å²) in [5, 5.41) is 13.7. The lowest BCUT2D eigenvalue weighted by Gasteiger charge is -2.14. The van der Waals surface area contributed by atoms with Crippen LogP contribution in [0.5, 0.6) is 0 Å². The molecular weight excluding hydrogens is 384 g/mol. The molecule has 3 aromatic rings. The molecule has 1 unspecified atom stereocenters. The van der Waals surface area contributed by atoms with E-state index in [0.717, 1.165) is 23.8 Å². The summed E-state index contributed by atoms with van der Waals surface area (Å²) < 4.78 is 6.52. The predicted molar refractivity (Wildman–Crippen MR) is 113 cm³/mol. The number of aryl methyl sites for hydroxylation is 2. The monoisotopic (exact) mass is 408 g/mol. The molecule has 0 spiro atoms. The summed E-state index contributed by atoms with van der Waals surface area (Å²) in [5.41, 5.74) is 3.02. The molecule has 30 heavy (non-hydrogen) atoms. The van der Waals surface area contributed by atoms with Crippen LogP contribution < -0.4 is 10.9 Å². The average molecular weight is 408 g/mol. The number of rotatable bonds is 6. The van der Waals surface area contributed by atoms with E-state index in [-0.39, 0.29) is 24.0 Å². The standard InChI is InChI=1S/C22H24N4O4/c1-12-6-17(19(27)11-30-3)23-10-16(12)15-7-14-9-24-20(25-21(28)13-4-5-13)8-18(14)26(2)22(15)29/h6-10,13,19,27H,4-5,11H2,1-3H3,(H,24,25,28). The van der Waals surface area contributed by atoms with Gasteiger partial charge >= 0.3 is 0 Å². The van der Waals surface area contributed by atoms with E-state index < -0.39 is 6.10 Å². The van der Waals surface area contributed by atoms with Gasteiger partial charge in [0, 0.05) is 55.0 Å². The van der Waals surface area contributed by atoms with E-state index in [9.17, 15) is 14.7 Å². The number of aliphatic hydroxyl groups is 1. The van der Waals surface area contributed by atoms with Gasteiger partial charge in [0.15, 0.2) is 0 Å². The van der Waals surface area contributed by atoms with Gasteiger partial charge in [0.1, 0.15) is 11.9 Å². The van der Waals surface area contributed by atoms with Crippen molar-refractivity contribution in [2.45, 2.75) is 25.9 Å². The van der Waals surface area contributed by atoms with Crippen LogP contribution in [0.4, 0.5) is 5.82 Å². The van der Waals surface area contributed by atoms with Gasteiger partial charge in [-0.1, -0.05) is 0 Å². The van der Waals surface area contributed by atoms with Crippen LogP contribution in [0, 0.1) is 12.8 Å². The average Bonchev–Trinajstić information content (AvgIpc) is 3.57. The van der Waals surface area contributed by atoms with Gasteiger partial charge in [-0.25, -0.2) is 4.98 Å². The normalized spacial score (nSPS) is 14.7. The molecule has 0 radical (unpaired) electrons. The minimum atomic E-state index is -0.823. The zero-order chi connectivity index (χ0) is 21.4. The summed E-state index contributed by atoms with van der Waals surface area (Å²) in [5.74, 6) is 0.493. The molecule has 4 rings (SSSR count). The van der Waals surface area contributed by atoms with Gasteiger partial charge in [0.05, 0.1) is 17.8 Å². The molecule has 2 N–H and O–H groups in total. The van der Waals surface area contributed by atoms with E-state index in [0.29, 0.717) is 28.2 Å². The van der Waals surface area contributed by atoms with Crippen molar-refractivity contribution >= 4 is 22.6 Å². The first kappa shape index (κ1) is 20.2. The molecule has 0 aliphatic heterocycles. The zero-order valence-electron chi connectivity index (χ0n) is 17.2. The maximum Gasteiger partial charge on any atom is 0.258 e. The van der Waals surface area contributed by atoms with Gasteiger partial charge in [-0.2, -0.15) is 0 Å². The molecule has 0 aromatic carbocycles. The van der Waals surface area contributed by atoms with Gasteiger partial charge in [0.25, 0.3) is 5.56 Å². The fourth-order valence-electron chi connectivity index (χ4n) is 3.48. The van der Waals surface area contributed by atoms with Crippen LogP contribution in [0.3, 0.4) is 0 Å². The minimum absolute atomic E-state index is 0.0269. The second kappa shape index (κ2) is 7.97. The van der Waals surface area contributed by atoms with Gasteiger partial charge < -0.3 is 19.7 Å². The maximum absolute atomic E-state index is 13.1. The fourth-order valence-corrected chi connectivity index (χ4v) is 3.48. The van der Waals surface area contributed by atoms with Gasteiger partial charge in [-0.3, -0.25) is 14.6 Å². The Morgan fingerprint density at radius 3 is 2.70 bits per heavy atom. The highest BCUT2D eigenvalue weighted by atomic mass is 16.5. The predicted octanol–water partition coefficient (Wildman–Crippen LogP) is 2.33. The van der Waals surface area contributed by atoms with Crippen LogP contribution in [-0.4, -0.2) is 39.3 Å². The lowest BCUT2D eigenvalue weighted by Crippen LogP contribution is -2.20. The van der Waals surface area contributed by atoms with E-state index in [1.165, 1.54) is 7.11 Å². The summed E-state index contributed by atoms with van der Waals surface area (Å²) in [4.78, 5) is 33.7. The lowest BCUT2D eigenvalue weighted by atomic mass is 10.0.